The largest absolute Gasteiger partial charge is 0.501 e. The zero-order valence-electron chi connectivity index (χ0n) is 11.4. The number of aliphatic hydroxyl groups excluding tert-OH is 1. The molecule has 1 aromatic carbocycles. The van der Waals surface area contributed by atoms with Crippen LogP contribution in [0.4, 0.5) is 0 Å². The molecule has 1 aliphatic rings. The number of thiazole rings is 1. The lowest BCUT2D eigenvalue weighted by molar-refractivity contribution is 0.0472. The maximum Gasteiger partial charge on any atom is 0.338 e. The van der Waals surface area contributed by atoms with E-state index in [1.165, 1.54) is 17.4 Å². The van der Waals surface area contributed by atoms with Crippen molar-refractivity contribution in [3.8, 4) is 0 Å². The highest BCUT2D eigenvalue weighted by Gasteiger charge is 2.10. The molecule has 0 bridgehead atoms. The van der Waals surface area contributed by atoms with Crippen LogP contribution in [0.1, 0.15) is 21.1 Å². The molecule has 4 nitrogen and oxygen atoms in total. The maximum absolute atomic E-state index is 11.8. The van der Waals surface area contributed by atoms with Gasteiger partial charge < -0.3 is 9.84 Å². The second kappa shape index (κ2) is 6.29. The van der Waals surface area contributed by atoms with Crippen LogP contribution in [0.2, 0.25) is 0 Å². The molecule has 0 saturated heterocycles. The predicted molar refractivity (Wildman–Crippen MR) is 83.4 cm³/mol. The molecule has 2 aromatic rings. The summed E-state index contributed by atoms with van der Waals surface area (Å²) in [5.41, 5.74) is 7.37. The number of benzene rings is 1. The predicted octanol–water partition coefficient (Wildman–Crippen LogP) is 3.65. The van der Waals surface area contributed by atoms with Crippen molar-refractivity contribution in [2.75, 3.05) is 0 Å². The minimum absolute atomic E-state index is 0.0380. The van der Waals surface area contributed by atoms with E-state index in [0.717, 1.165) is 5.57 Å². The maximum atomic E-state index is 11.8. The van der Waals surface area contributed by atoms with Crippen molar-refractivity contribution in [2.45, 2.75) is 6.61 Å². The van der Waals surface area contributed by atoms with Crippen LogP contribution in [0, 0.1) is 0 Å². The molecule has 0 saturated carbocycles. The average Bonchev–Trinajstić information content (AvgIpc) is 3.03. The highest BCUT2D eigenvalue weighted by Crippen LogP contribution is 2.20. The van der Waals surface area contributed by atoms with E-state index >= 15 is 0 Å². The van der Waals surface area contributed by atoms with Crippen LogP contribution in [-0.4, -0.2) is 16.1 Å². The van der Waals surface area contributed by atoms with E-state index in [-0.39, 0.29) is 18.3 Å². The van der Waals surface area contributed by atoms with Gasteiger partial charge in [-0.2, -0.15) is 0 Å². The van der Waals surface area contributed by atoms with Gasteiger partial charge in [0.15, 0.2) is 5.76 Å². The van der Waals surface area contributed by atoms with E-state index in [0.29, 0.717) is 16.3 Å². The van der Waals surface area contributed by atoms with E-state index in [1.54, 1.807) is 30.3 Å². The van der Waals surface area contributed by atoms with Gasteiger partial charge >= 0.3 is 5.97 Å². The molecule has 5 heteroatoms. The van der Waals surface area contributed by atoms with Gasteiger partial charge in [0.05, 0.1) is 16.8 Å². The Labute approximate surface area is 131 Å². The molecular formula is C17H11NO3S. The second-order valence-electron chi connectivity index (χ2n) is 4.45. The van der Waals surface area contributed by atoms with Gasteiger partial charge in [-0.25, -0.2) is 9.78 Å². The molecule has 22 heavy (non-hydrogen) atoms. The summed E-state index contributed by atoms with van der Waals surface area (Å²) in [4.78, 5) is 16.2. The zero-order chi connectivity index (χ0) is 15.4. The van der Waals surface area contributed by atoms with E-state index in [2.05, 4.69) is 16.4 Å². The van der Waals surface area contributed by atoms with Crippen molar-refractivity contribution in [2.24, 2.45) is 0 Å². The number of carbonyl (C=O) groups is 1. The second-order valence-corrected chi connectivity index (χ2v) is 5.39. The number of allylic oxidation sites excluding steroid dienone is 3. The minimum atomic E-state index is -0.373. The van der Waals surface area contributed by atoms with Gasteiger partial charge in [0.2, 0.25) is 0 Å². The Morgan fingerprint density at radius 2 is 2.05 bits per heavy atom. The lowest BCUT2D eigenvalue weighted by Crippen LogP contribution is -2.04. The summed E-state index contributed by atoms with van der Waals surface area (Å²) in [6.45, 7) is 0.125. The van der Waals surface area contributed by atoms with Crippen molar-refractivity contribution < 1.29 is 14.6 Å². The zero-order valence-corrected chi connectivity index (χ0v) is 12.3. The number of esters is 1. The van der Waals surface area contributed by atoms with Gasteiger partial charge in [-0.15, -0.1) is 11.3 Å². The first-order valence-electron chi connectivity index (χ1n) is 6.52. The third-order valence-electron chi connectivity index (χ3n) is 2.90. The molecule has 0 fully saturated rings. The summed E-state index contributed by atoms with van der Waals surface area (Å²) in [6.07, 6.45) is 3.24. The van der Waals surface area contributed by atoms with Crippen molar-refractivity contribution in [1.29, 1.82) is 0 Å². The molecular weight excluding hydrogens is 298 g/mol. The van der Waals surface area contributed by atoms with Gasteiger partial charge in [0.25, 0.3) is 0 Å². The van der Waals surface area contributed by atoms with Crippen molar-refractivity contribution in [3.05, 3.63) is 81.4 Å². The fraction of sp³-hybridized carbons (Fsp3) is 0.0588. The molecule has 3 rings (SSSR count). The molecule has 0 amide bonds. The number of hydrogen-bond acceptors (Lipinski definition) is 5. The van der Waals surface area contributed by atoms with Crippen molar-refractivity contribution in [3.63, 3.8) is 0 Å². The average molecular weight is 309 g/mol. The molecule has 1 N–H and O–H groups in total. The van der Waals surface area contributed by atoms with Gasteiger partial charge in [-0.05, 0) is 30.0 Å². The quantitative estimate of drug-likeness (QED) is 0.692. The number of carbonyl (C=O) groups excluding carboxylic acids is 1. The van der Waals surface area contributed by atoms with Crippen LogP contribution in [-0.2, 0) is 11.3 Å². The van der Waals surface area contributed by atoms with E-state index in [4.69, 9.17) is 4.74 Å². The number of hydrogen-bond donors (Lipinski definition) is 1. The van der Waals surface area contributed by atoms with E-state index in [9.17, 15) is 9.90 Å². The highest BCUT2D eigenvalue weighted by atomic mass is 32.1. The van der Waals surface area contributed by atoms with Gasteiger partial charge in [-0.3, -0.25) is 0 Å². The molecule has 0 spiro atoms. The fourth-order valence-electron chi connectivity index (χ4n) is 1.81. The standard InChI is InChI=1S/C17H11NO3S/c19-14-8-6-12(7-9-14)15-11-22-16(18-15)10-21-17(20)13-4-2-1-3-5-13/h1-6,8,11,19H,10H2. The number of aliphatic hydroxyl groups is 1. The van der Waals surface area contributed by atoms with Crippen LogP contribution < -0.4 is 0 Å². The first-order chi connectivity index (χ1) is 10.7. The number of rotatable bonds is 4. The first kappa shape index (κ1) is 14.1. The van der Waals surface area contributed by atoms with Crippen LogP contribution in [0.3, 0.4) is 0 Å². The summed E-state index contributed by atoms with van der Waals surface area (Å²) in [5.74, 6) is -0.335. The monoisotopic (exact) mass is 309 g/mol. The number of aromatic nitrogens is 1. The minimum Gasteiger partial charge on any atom is -0.501 e. The van der Waals surface area contributed by atoms with Gasteiger partial charge in [0.1, 0.15) is 11.6 Å². The molecule has 0 aliphatic heterocycles. The van der Waals surface area contributed by atoms with E-state index < -0.39 is 0 Å². The van der Waals surface area contributed by atoms with Gasteiger partial charge in [-0.1, -0.05) is 23.9 Å². The Hall–Kier alpha value is -2.84. The highest BCUT2D eigenvalue weighted by molar-refractivity contribution is 7.09. The lowest BCUT2D eigenvalue weighted by Gasteiger charge is -2.02. The molecule has 1 heterocycles. The lowest BCUT2D eigenvalue weighted by atomic mass is 10.1. The van der Waals surface area contributed by atoms with Crippen LogP contribution in [0.5, 0.6) is 0 Å². The van der Waals surface area contributed by atoms with Crippen molar-refractivity contribution in [1.82, 2.24) is 4.98 Å². The van der Waals surface area contributed by atoms with Crippen LogP contribution >= 0.6 is 11.3 Å². The Kier molecular flexibility index (Phi) is 4.03. The first-order valence-corrected chi connectivity index (χ1v) is 7.40. The fourth-order valence-corrected chi connectivity index (χ4v) is 2.52. The summed E-state index contributed by atoms with van der Waals surface area (Å²) < 4.78 is 5.23. The van der Waals surface area contributed by atoms with Crippen LogP contribution in [0.15, 0.2) is 65.1 Å². The third-order valence-corrected chi connectivity index (χ3v) is 3.72. The van der Waals surface area contributed by atoms with Gasteiger partial charge in [0, 0.05) is 5.38 Å². The molecule has 0 radical (unpaired) electrons. The third kappa shape index (κ3) is 3.25. The van der Waals surface area contributed by atoms with E-state index in [1.807, 2.05) is 11.4 Å². The normalized spacial score (nSPS) is 12.7. The number of ether oxygens (including phenoxy) is 1. The van der Waals surface area contributed by atoms with Crippen molar-refractivity contribution >= 4 is 22.9 Å². The topological polar surface area (TPSA) is 59.4 Å². The molecule has 1 aromatic heterocycles. The smallest absolute Gasteiger partial charge is 0.338 e. The molecule has 108 valence electrons. The summed E-state index contributed by atoms with van der Waals surface area (Å²) in [7, 11) is 0. The Morgan fingerprint density at radius 3 is 2.77 bits per heavy atom. The molecule has 0 atom stereocenters. The summed E-state index contributed by atoms with van der Waals surface area (Å²) in [6, 6.07) is 8.83. The summed E-state index contributed by atoms with van der Waals surface area (Å²) >= 11 is 1.40. The Morgan fingerprint density at radius 1 is 1.23 bits per heavy atom. The SMILES string of the molecule is O=C(OCc1nc(C2=C=C=C(O)C=C2)cs1)c1ccccc1. The Bertz CT molecular complexity index is 836. The van der Waals surface area contributed by atoms with Crippen LogP contribution in [0.25, 0.3) is 5.57 Å². The summed E-state index contributed by atoms with van der Waals surface area (Å²) in [5, 5.41) is 11.7. The number of nitrogens with zero attached hydrogens (tertiary/aromatic N) is 1. The Balaban J connectivity index is 1.67. The molecule has 0 unspecified atom stereocenters. The molecule has 1 aliphatic carbocycles.